The molecule has 0 atom stereocenters. The number of ether oxygens (including phenoxy) is 1. The predicted molar refractivity (Wildman–Crippen MR) is 96.1 cm³/mol. The summed E-state index contributed by atoms with van der Waals surface area (Å²) in [5.74, 6) is -0.468. The van der Waals surface area contributed by atoms with Gasteiger partial charge in [0.05, 0.1) is 6.61 Å². The highest BCUT2D eigenvalue weighted by Crippen LogP contribution is 2.17. The second-order valence-corrected chi connectivity index (χ2v) is 5.80. The zero-order chi connectivity index (χ0) is 17.9. The van der Waals surface area contributed by atoms with Crippen LogP contribution in [-0.2, 0) is 11.3 Å². The molecule has 0 amide bonds. The van der Waals surface area contributed by atoms with Gasteiger partial charge in [0.15, 0.2) is 11.3 Å². The number of pyridine rings is 2. The van der Waals surface area contributed by atoms with Crippen molar-refractivity contribution in [2.75, 3.05) is 6.61 Å². The Kier molecular flexibility index (Phi) is 4.18. The minimum absolute atomic E-state index is 0.185. The minimum atomic E-state index is -0.468. The molecule has 7 nitrogen and oxygen atoms in total. The Morgan fingerprint density at radius 3 is 2.81 bits per heavy atom. The molecule has 130 valence electrons. The van der Waals surface area contributed by atoms with Crippen LogP contribution in [0.15, 0.2) is 65.7 Å². The van der Waals surface area contributed by atoms with Gasteiger partial charge >= 0.3 is 11.7 Å². The maximum absolute atomic E-state index is 12.3. The third kappa shape index (κ3) is 2.95. The summed E-state index contributed by atoms with van der Waals surface area (Å²) in [7, 11) is 0. The van der Waals surface area contributed by atoms with Crippen LogP contribution in [0, 0.1) is 0 Å². The normalized spacial score (nSPS) is 11.1. The van der Waals surface area contributed by atoms with Gasteiger partial charge in [-0.2, -0.15) is 0 Å². The van der Waals surface area contributed by atoms with Crippen LogP contribution in [0.2, 0.25) is 0 Å². The van der Waals surface area contributed by atoms with Crippen LogP contribution in [0.4, 0.5) is 0 Å². The van der Waals surface area contributed by atoms with Crippen molar-refractivity contribution >= 4 is 22.4 Å². The number of rotatable bonds is 5. The van der Waals surface area contributed by atoms with E-state index >= 15 is 0 Å². The van der Waals surface area contributed by atoms with Crippen molar-refractivity contribution in [3.63, 3.8) is 0 Å². The van der Waals surface area contributed by atoms with Crippen LogP contribution in [0.25, 0.3) is 16.4 Å². The van der Waals surface area contributed by atoms with Gasteiger partial charge in [-0.15, -0.1) is 5.10 Å². The highest BCUT2D eigenvalue weighted by molar-refractivity contribution is 6.02. The molecule has 7 heteroatoms. The van der Waals surface area contributed by atoms with Crippen LogP contribution < -0.4 is 5.69 Å². The Hall–Kier alpha value is -3.48. The van der Waals surface area contributed by atoms with Crippen molar-refractivity contribution in [3.05, 3.63) is 77.1 Å². The van der Waals surface area contributed by atoms with Gasteiger partial charge in [0.2, 0.25) is 0 Å². The van der Waals surface area contributed by atoms with Gasteiger partial charge in [0, 0.05) is 30.7 Å². The van der Waals surface area contributed by atoms with Gasteiger partial charge in [0.1, 0.15) is 0 Å². The van der Waals surface area contributed by atoms with Crippen molar-refractivity contribution in [2.24, 2.45) is 0 Å². The second kappa shape index (κ2) is 6.79. The lowest BCUT2D eigenvalue weighted by molar-refractivity contribution is 0.0490. The number of aryl methyl sites for hydroxylation is 1. The molecule has 0 saturated heterocycles. The predicted octanol–water partition coefficient (Wildman–Crippen LogP) is 2.29. The molecule has 0 fully saturated rings. The lowest BCUT2D eigenvalue weighted by Gasteiger charge is -2.06. The average molecular weight is 348 g/mol. The molecule has 3 aromatic heterocycles. The largest absolute Gasteiger partial charge is 0.461 e. The van der Waals surface area contributed by atoms with Gasteiger partial charge < -0.3 is 4.74 Å². The molecule has 0 spiro atoms. The fourth-order valence-corrected chi connectivity index (χ4v) is 2.84. The number of aromatic nitrogens is 4. The number of carbonyl (C=O) groups is 1. The summed E-state index contributed by atoms with van der Waals surface area (Å²) in [4.78, 5) is 28.6. The first-order valence-corrected chi connectivity index (χ1v) is 8.29. The SMILES string of the molecule is O=C(OCCCn1nc2ccccn2c1=O)c1nccc2ccccc12. The van der Waals surface area contributed by atoms with Gasteiger partial charge in [-0.05, 0) is 23.6 Å². The van der Waals surface area contributed by atoms with E-state index < -0.39 is 5.97 Å². The van der Waals surface area contributed by atoms with Crippen LogP contribution in [0.1, 0.15) is 16.9 Å². The molecule has 0 aliphatic carbocycles. The summed E-state index contributed by atoms with van der Waals surface area (Å²) < 4.78 is 8.17. The summed E-state index contributed by atoms with van der Waals surface area (Å²) in [6, 6.07) is 14.7. The van der Waals surface area contributed by atoms with E-state index in [4.69, 9.17) is 4.74 Å². The first-order valence-electron chi connectivity index (χ1n) is 8.29. The van der Waals surface area contributed by atoms with Crippen molar-refractivity contribution in [3.8, 4) is 0 Å². The first kappa shape index (κ1) is 16.0. The van der Waals surface area contributed by atoms with Crippen LogP contribution in [-0.4, -0.2) is 31.7 Å². The van der Waals surface area contributed by atoms with Crippen molar-refractivity contribution in [1.29, 1.82) is 0 Å². The molecule has 0 saturated carbocycles. The highest BCUT2D eigenvalue weighted by Gasteiger charge is 2.13. The van der Waals surface area contributed by atoms with E-state index in [1.54, 1.807) is 24.5 Å². The maximum Gasteiger partial charge on any atom is 0.357 e. The molecule has 0 bridgehead atoms. The molecule has 26 heavy (non-hydrogen) atoms. The number of carbonyl (C=O) groups excluding carboxylic acids is 1. The Morgan fingerprint density at radius 2 is 1.92 bits per heavy atom. The molecule has 1 aromatic carbocycles. The van der Waals surface area contributed by atoms with Crippen molar-refractivity contribution in [2.45, 2.75) is 13.0 Å². The van der Waals surface area contributed by atoms with E-state index in [0.717, 1.165) is 10.8 Å². The quantitative estimate of drug-likeness (QED) is 0.408. The molecule has 3 heterocycles. The minimum Gasteiger partial charge on any atom is -0.461 e. The van der Waals surface area contributed by atoms with Crippen LogP contribution in [0.5, 0.6) is 0 Å². The van der Waals surface area contributed by atoms with E-state index in [1.165, 1.54) is 9.08 Å². The molecule has 0 radical (unpaired) electrons. The second-order valence-electron chi connectivity index (χ2n) is 5.80. The number of fused-ring (bicyclic) bond motifs is 2. The summed E-state index contributed by atoms with van der Waals surface area (Å²) in [6.07, 6.45) is 3.75. The Morgan fingerprint density at radius 1 is 1.08 bits per heavy atom. The van der Waals surface area contributed by atoms with E-state index in [0.29, 0.717) is 24.3 Å². The molecule has 0 unspecified atom stereocenters. The summed E-state index contributed by atoms with van der Waals surface area (Å²) in [5.41, 5.74) is 0.685. The van der Waals surface area contributed by atoms with Crippen LogP contribution in [0.3, 0.4) is 0 Å². The Labute approximate surface area is 148 Å². The van der Waals surface area contributed by atoms with Gasteiger partial charge in [-0.1, -0.05) is 30.3 Å². The molecule has 0 aliphatic rings. The van der Waals surface area contributed by atoms with Crippen molar-refractivity contribution < 1.29 is 9.53 Å². The molecule has 0 N–H and O–H groups in total. The zero-order valence-electron chi connectivity index (χ0n) is 13.9. The molecular formula is C19H16N4O3. The zero-order valence-corrected chi connectivity index (χ0v) is 13.9. The van der Waals surface area contributed by atoms with E-state index in [9.17, 15) is 9.59 Å². The number of hydrogen-bond donors (Lipinski definition) is 0. The van der Waals surface area contributed by atoms with Crippen LogP contribution >= 0.6 is 0 Å². The highest BCUT2D eigenvalue weighted by atomic mass is 16.5. The Bertz CT molecular complexity index is 1140. The number of benzene rings is 1. The molecule has 4 aromatic rings. The first-order chi connectivity index (χ1) is 12.7. The van der Waals surface area contributed by atoms with Gasteiger partial charge in [-0.3, -0.25) is 4.40 Å². The van der Waals surface area contributed by atoms with E-state index in [-0.39, 0.29) is 12.3 Å². The molecule has 0 aliphatic heterocycles. The monoisotopic (exact) mass is 348 g/mol. The molecular weight excluding hydrogens is 332 g/mol. The number of hydrogen-bond acceptors (Lipinski definition) is 5. The maximum atomic E-state index is 12.3. The Balaban J connectivity index is 1.40. The fourth-order valence-electron chi connectivity index (χ4n) is 2.84. The smallest absolute Gasteiger partial charge is 0.357 e. The molecule has 4 rings (SSSR count). The summed E-state index contributed by atoms with van der Waals surface area (Å²) in [5, 5.41) is 5.94. The standard InChI is InChI=1S/C19H16N4O3/c24-18(17-15-7-2-1-6-14(15)9-10-20-17)26-13-5-12-23-19(25)22-11-4-3-8-16(22)21-23/h1-4,6-11H,5,12-13H2. The van der Waals surface area contributed by atoms with Gasteiger partial charge in [0.25, 0.3) is 0 Å². The van der Waals surface area contributed by atoms with Gasteiger partial charge in [-0.25, -0.2) is 19.3 Å². The fraction of sp³-hybridized carbons (Fsp3) is 0.158. The average Bonchev–Trinajstić information content (AvgIpc) is 3.00. The number of nitrogens with zero attached hydrogens (tertiary/aromatic N) is 4. The lowest BCUT2D eigenvalue weighted by atomic mass is 10.1. The lowest BCUT2D eigenvalue weighted by Crippen LogP contribution is -2.22. The third-order valence-corrected chi connectivity index (χ3v) is 4.10. The van der Waals surface area contributed by atoms with E-state index in [2.05, 4.69) is 10.1 Å². The topological polar surface area (TPSA) is 78.5 Å². The van der Waals surface area contributed by atoms with E-state index in [1.807, 2.05) is 36.4 Å². The van der Waals surface area contributed by atoms with Crippen molar-refractivity contribution in [1.82, 2.24) is 19.2 Å². The third-order valence-electron chi connectivity index (χ3n) is 4.10. The number of esters is 1. The summed E-state index contributed by atoms with van der Waals surface area (Å²) in [6.45, 7) is 0.556. The summed E-state index contributed by atoms with van der Waals surface area (Å²) >= 11 is 0.